The van der Waals surface area contributed by atoms with Crippen LogP contribution in [0.15, 0.2) is 18.2 Å². The topological polar surface area (TPSA) is 62.3 Å². The van der Waals surface area contributed by atoms with Crippen molar-refractivity contribution in [3.05, 3.63) is 29.3 Å². The number of hydrogen-bond acceptors (Lipinski definition) is 6. The molecule has 0 saturated carbocycles. The normalized spacial score (nSPS) is 21.7. The molecule has 2 fully saturated rings. The number of likely N-dealkylation sites (tertiary alicyclic amines) is 1. The maximum Gasteiger partial charge on any atom is 0.211 e. The number of hydrogen-bond donors (Lipinski definition) is 0. The number of morpholine rings is 1. The summed E-state index contributed by atoms with van der Waals surface area (Å²) in [6, 6.07) is 6.32. The summed E-state index contributed by atoms with van der Waals surface area (Å²) in [4.78, 5) is 4.71. The second-order valence-electron chi connectivity index (χ2n) is 8.16. The van der Waals surface area contributed by atoms with Crippen LogP contribution in [-0.4, -0.2) is 94.4 Å². The van der Waals surface area contributed by atoms with Gasteiger partial charge >= 0.3 is 0 Å². The quantitative estimate of drug-likeness (QED) is 0.598. The molecule has 2 heterocycles. The second-order valence-corrected chi connectivity index (χ2v) is 10.1. The second kappa shape index (κ2) is 10.2. The SMILES string of the molecule is COc1ccc(CN2CCC(N(CCCN3CCOCC3)S(C)(=O)=O)C2)cc1C. The molecule has 0 N–H and O–H groups in total. The zero-order valence-electron chi connectivity index (χ0n) is 18.0. The highest BCUT2D eigenvalue weighted by atomic mass is 32.2. The van der Waals surface area contributed by atoms with Crippen LogP contribution in [0.4, 0.5) is 0 Å². The molecule has 0 bridgehead atoms. The number of aryl methyl sites for hydroxylation is 1. The van der Waals surface area contributed by atoms with Crippen LogP contribution >= 0.6 is 0 Å². The van der Waals surface area contributed by atoms with Gasteiger partial charge in [0.05, 0.1) is 26.6 Å². The van der Waals surface area contributed by atoms with E-state index in [1.807, 2.05) is 6.07 Å². The van der Waals surface area contributed by atoms with Crippen molar-refractivity contribution in [2.75, 3.05) is 65.8 Å². The van der Waals surface area contributed by atoms with Crippen LogP contribution in [-0.2, 0) is 21.3 Å². The van der Waals surface area contributed by atoms with Crippen molar-refractivity contribution in [2.24, 2.45) is 0 Å². The number of nitrogens with zero attached hydrogens (tertiary/aromatic N) is 3. The van der Waals surface area contributed by atoms with Gasteiger partial charge in [0, 0.05) is 45.3 Å². The van der Waals surface area contributed by atoms with Crippen molar-refractivity contribution in [2.45, 2.75) is 32.4 Å². The van der Waals surface area contributed by atoms with Crippen molar-refractivity contribution in [3.63, 3.8) is 0 Å². The highest BCUT2D eigenvalue weighted by Crippen LogP contribution is 2.23. The lowest BCUT2D eigenvalue weighted by atomic mass is 10.1. The molecule has 0 amide bonds. The Bertz CT molecular complexity index is 765. The lowest BCUT2D eigenvalue weighted by molar-refractivity contribution is 0.0366. The van der Waals surface area contributed by atoms with Crippen LogP contribution < -0.4 is 4.74 Å². The van der Waals surface area contributed by atoms with Gasteiger partial charge in [-0.3, -0.25) is 9.80 Å². The first-order valence-corrected chi connectivity index (χ1v) is 12.3. The van der Waals surface area contributed by atoms with Crippen LogP contribution in [0.3, 0.4) is 0 Å². The van der Waals surface area contributed by atoms with E-state index in [1.54, 1.807) is 11.4 Å². The van der Waals surface area contributed by atoms with Gasteiger partial charge in [-0.2, -0.15) is 4.31 Å². The molecule has 0 aromatic heterocycles. The molecule has 7 nitrogen and oxygen atoms in total. The molecule has 1 unspecified atom stereocenters. The van der Waals surface area contributed by atoms with Crippen molar-refractivity contribution >= 4 is 10.0 Å². The molecule has 29 heavy (non-hydrogen) atoms. The number of rotatable bonds is 9. The molecule has 1 atom stereocenters. The summed E-state index contributed by atoms with van der Waals surface area (Å²) < 4.78 is 37.3. The molecule has 1 aromatic rings. The van der Waals surface area contributed by atoms with Gasteiger partial charge in [0.2, 0.25) is 10.0 Å². The fourth-order valence-corrected chi connectivity index (χ4v) is 5.56. The predicted octanol–water partition coefficient (Wildman–Crippen LogP) is 1.56. The zero-order valence-corrected chi connectivity index (χ0v) is 18.8. The average Bonchev–Trinajstić information content (AvgIpc) is 3.13. The van der Waals surface area contributed by atoms with Crippen LogP contribution in [0.1, 0.15) is 24.0 Å². The molecule has 2 aliphatic rings. The third-order valence-electron chi connectivity index (χ3n) is 5.90. The Morgan fingerprint density at radius 3 is 2.62 bits per heavy atom. The number of sulfonamides is 1. The Hall–Kier alpha value is -1.19. The fourth-order valence-electron chi connectivity index (χ4n) is 4.38. The van der Waals surface area contributed by atoms with Gasteiger partial charge in [-0.25, -0.2) is 8.42 Å². The molecule has 8 heteroatoms. The minimum atomic E-state index is -3.22. The summed E-state index contributed by atoms with van der Waals surface area (Å²) >= 11 is 0. The zero-order chi connectivity index (χ0) is 20.9. The standard InChI is InChI=1S/C21H35N3O4S/c1-18-15-19(5-6-21(18)27-2)16-23-10-7-20(17-23)24(29(3,25)26)9-4-8-22-11-13-28-14-12-22/h5-6,15,20H,4,7-14,16-17H2,1-3H3. The summed E-state index contributed by atoms with van der Waals surface area (Å²) in [7, 11) is -1.53. The Morgan fingerprint density at radius 2 is 1.97 bits per heavy atom. The van der Waals surface area contributed by atoms with Crippen molar-refractivity contribution in [1.82, 2.24) is 14.1 Å². The van der Waals surface area contributed by atoms with Crippen molar-refractivity contribution in [1.29, 1.82) is 0 Å². The molecule has 1 aromatic carbocycles. The minimum absolute atomic E-state index is 0.0639. The maximum atomic E-state index is 12.4. The number of benzene rings is 1. The Kier molecular flexibility index (Phi) is 7.92. The summed E-state index contributed by atoms with van der Waals surface area (Å²) in [5.41, 5.74) is 2.36. The molecule has 2 aliphatic heterocycles. The summed E-state index contributed by atoms with van der Waals surface area (Å²) in [6.07, 6.45) is 3.10. The van der Waals surface area contributed by atoms with Crippen molar-refractivity contribution < 1.29 is 17.9 Å². The maximum absolute atomic E-state index is 12.4. The van der Waals surface area contributed by atoms with Crippen molar-refractivity contribution in [3.8, 4) is 5.75 Å². The summed E-state index contributed by atoms with van der Waals surface area (Å²) in [5, 5.41) is 0. The molecular weight excluding hydrogens is 390 g/mol. The highest BCUT2D eigenvalue weighted by molar-refractivity contribution is 7.88. The van der Waals surface area contributed by atoms with Crippen LogP contribution in [0.2, 0.25) is 0 Å². The van der Waals surface area contributed by atoms with E-state index in [1.165, 1.54) is 11.8 Å². The monoisotopic (exact) mass is 425 g/mol. The fraction of sp³-hybridized carbons (Fsp3) is 0.714. The third-order valence-corrected chi connectivity index (χ3v) is 7.24. The smallest absolute Gasteiger partial charge is 0.211 e. The van der Waals surface area contributed by atoms with Gasteiger partial charge in [-0.05, 0) is 43.5 Å². The largest absolute Gasteiger partial charge is 0.496 e. The average molecular weight is 426 g/mol. The van der Waals surface area contributed by atoms with Crippen LogP contribution in [0.5, 0.6) is 5.75 Å². The van der Waals surface area contributed by atoms with E-state index in [2.05, 4.69) is 28.9 Å². The molecule has 0 aliphatic carbocycles. The summed E-state index contributed by atoms with van der Waals surface area (Å²) in [5.74, 6) is 0.900. The Balaban J connectivity index is 1.53. The molecule has 2 saturated heterocycles. The van der Waals surface area contributed by atoms with E-state index in [-0.39, 0.29) is 6.04 Å². The lowest BCUT2D eigenvalue weighted by Gasteiger charge is -2.30. The highest BCUT2D eigenvalue weighted by Gasteiger charge is 2.32. The van der Waals surface area contributed by atoms with E-state index >= 15 is 0 Å². The molecule has 0 spiro atoms. The first-order valence-electron chi connectivity index (χ1n) is 10.5. The minimum Gasteiger partial charge on any atom is -0.496 e. The summed E-state index contributed by atoms with van der Waals surface area (Å²) in [6.45, 7) is 9.56. The molecule has 164 valence electrons. The van der Waals surface area contributed by atoms with E-state index in [9.17, 15) is 8.42 Å². The molecular formula is C21H35N3O4S. The molecule has 0 radical (unpaired) electrons. The predicted molar refractivity (Wildman–Crippen MR) is 115 cm³/mol. The lowest BCUT2D eigenvalue weighted by Crippen LogP contribution is -2.43. The van der Waals surface area contributed by atoms with Gasteiger partial charge < -0.3 is 9.47 Å². The first kappa shape index (κ1) is 22.5. The van der Waals surface area contributed by atoms with Gasteiger partial charge in [0.1, 0.15) is 5.75 Å². The van der Waals surface area contributed by atoms with Crippen LogP contribution in [0, 0.1) is 6.92 Å². The van der Waals surface area contributed by atoms with E-state index in [0.717, 1.165) is 76.6 Å². The van der Waals surface area contributed by atoms with Crippen LogP contribution in [0.25, 0.3) is 0 Å². The Labute approximate surface area is 175 Å². The van der Waals surface area contributed by atoms with Gasteiger partial charge in [-0.1, -0.05) is 12.1 Å². The van der Waals surface area contributed by atoms with Gasteiger partial charge in [0.15, 0.2) is 0 Å². The van der Waals surface area contributed by atoms with E-state index < -0.39 is 10.0 Å². The van der Waals surface area contributed by atoms with Gasteiger partial charge in [-0.15, -0.1) is 0 Å². The van der Waals surface area contributed by atoms with E-state index in [4.69, 9.17) is 9.47 Å². The number of ether oxygens (including phenoxy) is 2. The van der Waals surface area contributed by atoms with E-state index in [0.29, 0.717) is 6.54 Å². The van der Waals surface area contributed by atoms with Gasteiger partial charge in [0.25, 0.3) is 0 Å². The number of methoxy groups -OCH3 is 1. The third kappa shape index (κ3) is 6.39. The Morgan fingerprint density at radius 1 is 1.21 bits per heavy atom. The first-order chi connectivity index (χ1) is 13.9. The molecule has 3 rings (SSSR count).